The van der Waals surface area contributed by atoms with Crippen LogP contribution in [0.3, 0.4) is 0 Å². The van der Waals surface area contributed by atoms with Gasteiger partial charge >= 0.3 is 7.12 Å². The molecule has 5 heteroatoms. The zero-order chi connectivity index (χ0) is 14.5. The van der Waals surface area contributed by atoms with Gasteiger partial charge in [0.15, 0.2) is 0 Å². The smallest absolute Gasteiger partial charge is 0.423 e. The first-order valence-corrected chi connectivity index (χ1v) is 6.56. The van der Waals surface area contributed by atoms with Gasteiger partial charge in [0.25, 0.3) is 0 Å². The monoisotopic (exact) mass is 273 g/mol. The highest BCUT2D eigenvalue weighted by molar-refractivity contribution is 6.59. The number of rotatable bonds is 5. The van der Waals surface area contributed by atoms with Crippen molar-refractivity contribution >= 4 is 18.3 Å². The Morgan fingerprint density at radius 3 is 2.40 bits per heavy atom. The van der Waals surface area contributed by atoms with E-state index in [1.54, 1.807) is 6.07 Å². The Morgan fingerprint density at radius 2 is 1.80 bits per heavy atom. The number of nitrogens with zero attached hydrogens (tertiary/aromatic N) is 1. The second-order valence-electron chi connectivity index (χ2n) is 4.57. The number of anilines is 1. The molecule has 2 rings (SSSR count). The second-order valence-corrected chi connectivity index (χ2v) is 4.57. The van der Waals surface area contributed by atoms with Crippen LogP contribution in [-0.4, -0.2) is 23.7 Å². The molecule has 2 aromatic carbocycles. The fraction of sp³-hybridized carbons (Fsp3) is 0.200. The van der Waals surface area contributed by atoms with Crippen LogP contribution in [0, 0.1) is 5.82 Å². The maximum absolute atomic E-state index is 13.2. The highest BCUT2D eigenvalue weighted by Crippen LogP contribution is 2.16. The highest BCUT2D eigenvalue weighted by Gasteiger charge is 2.18. The van der Waals surface area contributed by atoms with E-state index >= 15 is 0 Å². The van der Waals surface area contributed by atoms with E-state index in [4.69, 9.17) is 0 Å². The third kappa shape index (κ3) is 3.38. The van der Waals surface area contributed by atoms with Crippen molar-refractivity contribution in [2.45, 2.75) is 13.5 Å². The lowest BCUT2D eigenvalue weighted by molar-refractivity contribution is 0.425. The molecule has 0 aliphatic heterocycles. The molecule has 2 N–H and O–H groups in total. The van der Waals surface area contributed by atoms with Crippen molar-refractivity contribution in [3.05, 3.63) is 59.9 Å². The molecular weight excluding hydrogens is 256 g/mol. The number of halogens is 1. The van der Waals surface area contributed by atoms with E-state index in [0.717, 1.165) is 12.2 Å². The van der Waals surface area contributed by atoms with Crippen molar-refractivity contribution in [3.8, 4) is 0 Å². The van der Waals surface area contributed by atoms with E-state index in [1.165, 1.54) is 12.1 Å². The van der Waals surface area contributed by atoms with Crippen LogP contribution < -0.4 is 10.4 Å². The van der Waals surface area contributed by atoms with Crippen LogP contribution in [0.4, 0.5) is 10.1 Å². The first-order valence-electron chi connectivity index (χ1n) is 6.56. The number of benzene rings is 2. The van der Waals surface area contributed by atoms with E-state index in [2.05, 4.69) is 4.90 Å². The fourth-order valence-electron chi connectivity index (χ4n) is 2.18. The average molecular weight is 273 g/mol. The van der Waals surface area contributed by atoms with E-state index in [9.17, 15) is 14.4 Å². The summed E-state index contributed by atoms with van der Waals surface area (Å²) in [6.07, 6.45) is 0. The summed E-state index contributed by atoms with van der Waals surface area (Å²) in [7, 11) is -1.67. The van der Waals surface area contributed by atoms with Gasteiger partial charge in [-0.2, -0.15) is 0 Å². The second kappa shape index (κ2) is 6.54. The Balaban J connectivity index is 2.28. The largest absolute Gasteiger partial charge is 0.488 e. The summed E-state index contributed by atoms with van der Waals surface area (Å²) in [4.78, 5) is 2.08. The van der Waals surface area contributed by atoms with E-state index in [-0.39, 0.29) is 5.46 Å². The van der Waals surface area contributed by atoms with Gasteiger partial charge in [0.2, 0.25) is 0 Å². The minimum absolute atomic E-state index is 0.208. The summed E-state index contributed by atoms with van der Waals surface area (Å²) >= 11 is 0. The lowest BCUT2D eigenvalue weighted by Gasteiger charge is -2.24. The Kier molecular flexibility index (Phi) is 4.77. The normalized spacial score (nSPS) is 10.4. The van der Waals surface area contributed by atoms with Gasteiger partial charge in [0, 0.05) is 18.8 Å². The molecule has 0 atom stereocenters. The van der Waals surface area contributed by atoms with Gasteiger partial charge < -0.3 is 14.9 Å². The molecule has 104 valence electrons. The Hall–Kier alpha value is -1.85. The number of hydrogen-bond acceptors (Lipinski definition) is 3. The molecule has 20 heavy (non-hydrogen) atoms. The lowest BCUT2D eigenvalue weighted by Crippen LogP contribution is -2.36. The van der Waals surface area contributed by atoms with Crippen LogP contribution in [0.25, 0.3) is 0 Å². The van der Waals surface area contributed by atoms with Crippen molar-refractivity contribution in [2.24, 2.45) is 0 Å². The Morgan fingerprint density at radius 1 is 1.10 bits per heavy atom. The summed E-state index contributed by atoms with van der Waals surface area (Å²) < 4.78 is 13.2. The minimum Gasteiger partial charge on any atom is -0.423 e. The van der Waals surface area contributed by atoms with Gasteiger partial charge in [-0.1, -0.05) is 24.3 Å². The maximum atomic E-state index is 13.2. The summed E-state index contributed by atoms with van der Waals surface area (Å²) in [5.41, 5.74) is 1.95. The van der Waals surface area contributed by atoms with Crippen LogP contribution in [-0.2, 0) is 6.54 Å². The van der Waals surface area contributed by atoms with Gasteiger partial charge in [0.05, 0.1) is 0 Å². The van der Waals surface area contributed by atoms with E-state index in [1.807, 2.05) is 37.3 Å². The maximum Gasteiger partial charge on any atom is 0.488 e. The first kappa shape index (κ1) is 14.6. The molecule has 2 aromatic rings. The van der Waals surface area contributed by atoms with Crippen molar-refractivity contribution in [1.82, 2.24) is 0 Å². The molecule has 0 spiro atoms. The van der Waals surface area contributed by atoms with Gasteiger partial charge in [-0.25, -0.2) is 4.39 Å². The first-order chi connectivity index (χ1) is 9.61. The molecule has 0 fully saturated rings. The summed E-state index contributed by atoms with van der Waals surface area (Å²) in [5, 5.41) is 18.7. The molecule has 0 aliphatic carbocycles. The van der Waals surface area contributed by atoms with Crippen LogP contribution in [0.15, 0.2) is 48.5 Å². The van der Waals surface area contributed by atoms with Gasteiger partial charge in [-0.15, -0.1) is 0 Å². The molecule has 0 heterocycles. The third-order valence-corrected chi connectivity index (χ3v) is 3.25. The quantitative estimate of drug-likeness (QED) is 0.812. The molecule has 0 aliphatic rings. The molecule has 0 amide bonds. The zero-order valence-corrected chi connectivity index (χ0v) is 11.3. The van der Waals surface area contributed by atoms with Crippen molar-refractivity contribution in [3.63, 3.8) is 0 Å². The minimum atomic E-state index is -1.67. The number of hydrogen-bond donors (Lipinski definition) is 2. The van der Waals surface area contributed by atoms with Crippen molar-refractivity contribution < 1.29 is 14.4 Å². The van der Waals surface area contributed by atoms with Gasteiger partial charge in [-0.05, 0) is 42.2 Å². The standard InChI is InChI=1S/C15H17BFNO2/c1-2-18(14-6-4-3-5-7-14)11-12-8-9-13(17)10-15(12)16(19)20/h3-10,19-20H,2,11H2,1H3. The summed E-state index contributed by atoms with van der Waals surface area (Å²) in [6, 6.07) is 13.9. The Labute approximate surface area is 118 Å². The van der Waals surface area contributed by atoms with Crippen LogP contribution in [0.5, 0.6) is 0 Å². The fourth-order valence-corrected chi connectivity index (χ4v) is 2.18. The van der Waals surface area contributed by atoms with Gasteiger partial charge in [-0.3, -0.25) is 0 Å². The van der Waals surface area contributed by atoms with Crippen LogP contribution in [0.1, 0.15) is 12.5 Å². The molecule has 0 saturated heterocycles. The van der Waals surface area contributed by atoms with E-state index in [0.29, 0.717) is 12.1 Å². The third-order valence-electron chi connectivity index (χ3n) is 3.25. The molecule has 0 bridgehead atoms. The summed E-state index contributed by atoms with van der Waals surface area (Å²) in [6.45, 7) is 3.28. The average Bonchev–Trinajstić information content (AvgIpc) is 2.46. The van der Waals surface area contributed by atoms with Crippen LogP contribution >= 0.6 is 0 Å². The van der Waals surface area contributed by atoms with E-state index < -0.39 is 12.9 Å². The number of para-hydroxylation sites is 1. The predicted octanol–water partition coefficient (Wildman–Crippen LogP) is 1.53. The molecule has 0 aromatic heterocycles. The molecule has 0 saturated carbocycles. The lowest BCUT2D eigenvalue weighted by atomic mass is 9.77. The van der Waals surface area contributed by atoms with Crippen molar-refractivity contribution in [1.29, 1.82) is 0 Å². The highest BCUT2D eigenvalue weighted by atomic mass is 19.1. The summed E-state index contributed by atoms with van der Waals surface area (Å²) in [5.74, 6) is -0.473. The Bertz CT molecular complexity index is 563. The molecule has 0 unspecified atom stereocenters. The van der Waals surface area contributed by atoms with Crippen molar-refractivity contribution in [2.75, 3.05) is 11.4 Å². The predicted molar refractivity (Wildman–Crippen MR) is 79.4 cm³/mol. The topological polar surface area (TPSA) is 43.7 Å². The van der Waals surface area contributed by atoms with Crippen LogP contribution in [0.2, 0.25) is 0 Å². The molecule has 0 radical (unpaired) electrons. The van der Waals surface area contributed by atoms with Gasteiger partial charge in [0.1, 0.15) is 5.82 Å². The zero-order valence-electron chi connectivity index (χ0n) is 11.3. The molecular formula is C15H17BFNO2. The molecule has 3 nitrogen and oxygen atoms in total. The SMILES string of the molecule is CCN(Cc1ccc(F)cc1B(O)O)c1ccccc1.